The average molecular weight is 465 g/mol. The first-order chi connectivity index (χ1) is 13.0. The minimum atomic E-state index is -1.71. The van der Waals surface area contributed by atoms with Gasteiger partial charge in [-0.15, -0.1) is 0 Å². The van der Waals surface area contributed by atoms with Gasteiger partial charge in [0.2, 0.25) is 0 Å². The van der Waals surface area contributed by atoms with E-state index < -0.39 is 5.66 Å². The fourth-order valence-electron chi connectivity index (χ4n) is 3.23. The molecule has 1 atom stereocenters. The number of hydrazine groups is 1. The van der Waals surface area contributed by atoms with E-state index in [2.05, 4.69) is 103 Å². The number of hydrogen-bond acceptors (Lipinski definition) is 3. The fourth-order valence-corrected chi connectivity index (χ4v) is 8.04. The van der Waals surface area contributed by atoms with Crippen LogP contribution in [-0.2, 0) is 0 Å². The molecule has 0 aromatic heterocycles. The van der Waals surface area contributed by atoms with E-state index >= 15 is 0 Å². The predicted octanol–water partition coefficient (Wildman–Crippen LogP) is 2.41. The Balaban J connectivity index is 1.60. The van der Waals surface area contributed by atoms with Crippen molar-refractivity contribution in [3.63, 3.8) is 0 Å². The Morgan fingerprint density at radius 3 is 2.07 bits per heavy atom. The van der Waals surface area contributed by atoms with E-state index in [0.717, 1.165) is 31.0 Å². The van der Waals surface area contributed by atoms with Crippen molar-refractivity contribution in [1.82, 2.24) is 20.4 Å². The van der Waals surface area contributed by atoms with E-state index in [4.69, 9.17) is 12.2 Å². The Bertz CT molecular complexity index is 759. The Morgan fingerprint density at radius 2 is 1.59 bits per heavy atom. The van der Waals surface area contributed by atoms with E-state index in [1.165, 1.54) is 10.6 Å². The average Bonchev–Trinajstić information content (AvgIpc) is 2.94. The molecule has 1 saturated heterocycles. The molecule has 0 amide bonds. The van der Waals surface area contributed by atoms with Gasteiger partial charge in [-0.1, -0.05) is 0 Å². The van der Waals surface area contributed by atoms with Gasteiger partial charge in [0, 0.05) is 0 Å². The summed E-state index contributed by atoms with van der Waals surface area (Å²) in [6, 6.07) is 21.5. The quantitative estimate of drug-likeness (QED) is 0.271. The van der Waals surface area contributed by atoms with Gasteiger partial charge < -0.3 is 0 Å². The first-order valence-corrected chi connectivity index (χ1v) is 13.7. The molecule has 0 aliphatic carbocycles. The summed E-state index contributed by atoms with van der Waals surface area (Å²) in [6.45, 7) is 4.13. The van der Waals surface area contributed by atoms with Gasteiger partial charge in [-0.25, -0.2) is 0 Å². The standard InChI is InChI=1S/C20H27N4PSSe/c1-17-23(2)22-20(26)24(17)16-10-9-15-21-25(27,18-11-5-3-6-12-18)19-13-7-4-8-14-19/h3-8,11-14,17H,9-10,15-16H2,1-2H3,(H,21,27)(H,22,26). The maximum atomic E-state index is 5.42. The van der Waals surface area contributed by atoms with Crippen molar-refractivity contribution in [2.24, 2.45) is 0 Å². The van der Waals surface area contributed by atoms with Crippen LogP contribution in [0, 0.1) is 0 Å². The third-order valence-electron chi connectivity index (χ3n) is 4.94. The second-order valence-corrected chi connectivity index (χ2v) is 13.2. The molecule has 1 aliphatic rings. The van der Waals surface area contributed by atoms with Crippen LogP contribution >= 0.6 is 17.9 Å². The van der Waals surface area contributed by atoms with Crippen molar-refractivity contribution < 1.29 is 0 Å². The predicted molar refractivity (Wildman–Crippen MR) is 122 cm³/mol. The van der Waals surface area contributed by atoms with Crippen LogP contribution in [0.1, 0.15) is 19.8 Å². The zero-order valence-corrected chi connectivity index (χ0v) is 19.3. The van der Waals surface area contributed by atoms with E-state index in [1.807, 2.05) is 7.05 Å². The third-order valence-corrected chi connectivity index (χ3v) is 11.5. The number of rotatable bonds is 8. The molecule has 0 bridgehead atoms. The zero-order valence-electron chi connectivity index (χ0n) is 15.8. The number of nitrogens with zero attached hydrogens (tertiary/aromatic N) is 2. The maximum absolute atomic E-state index is 5.42. The molecule has 4 nitrogen and oxygen atoms in total. The summed E-state index contributed by atoms with van der Waals surface area (Å²) in [5.41, 5.74) is 1.49. The molecule has 0 saturated carbocycles. The van der Waals surface area contributed by atoms with Gasteiger partial charge in [0.1, 0.15) is 0 Å². The monoisotopic (exact) mass is 466 g/mol. The first-order valence-electron chi connectivity index (χ1n) is 9.29. The van der Waals surface area contributed by atoms with Crippen molar-refractivity contribution in [2.75, 3.05) is 20.1 Å². The van der Waals surface area contributed by atoms with Crippen LogP contribution in [0.25, 0.3) is 0 Å². The molecule has 1 heterocycles. The van der Waals surface area contributed by atoms with Crippen LogP contribution in [0.4, 0.5) is 0 Å². The van der Waals surface area contributed by atoms with Crippen molar-refractivity contribution in [1.29, 1.82) is 0 Å². The summed E-state index contributed by atoms with van der Waals surface area (Å²) in [5, 5.41) is 9.44. The van der Waals surface area contributed by atoms with Crippen LogP contribution < -0.4 is 21.1 Å². The molecule has 144 valence electrons. The van der Waals surface area contributed by atoms with Crippen LogP contribution in [0.3, 0.4) is 0 Å². The normalized spacial score (nSPS) is 17.9. The van der Waals surface area contributed by atoms with Crippen LogP contribution in [0.2, 0.25) is 0 Å². The summed E-state index contributed by atoms with van der Waals surface area (Å²) in [6.07, 6.45) is 2.53. The Kier molecular flexibility index (Phi) is 7.27. The number of hydrogen-bond donors (Lipinski definition) is 2. The van der Waals surface area contributed by atoms with Crippen molar-refractivity contribution in [2.45, 2.75) is 25.9 Å². The van der Waals surface area contributed by atoms with Gasteiger partial charge in [0.15, 0.2) is 0 Å². The fraction of sp³-hybridized carbons (Fsp3) is 0.350. The zero-order chi connectivity index (χ0) is 19.3. The molecule has 0 spiro atoms. The molecule has 7 heteroatoms. The molecule has 27 heavy (non-hydrogen) atoms. The van der Waals surface area contributed by atoms with E-state index in [0.29, 0.717) is 6.17 Å². The van der Waals surface area contributed by atoms with Gasteiger partial charge in [0.25, 0.3) is 0 Å². The molecule has 2 aromatic rings. The molecule has 1 aliphatic heterocycles. The Labute approximate surface area is 175 Å². The molecule has 3 rings (SSSR count). The van der Waals surface area contributed by atoms with Crippen LogP contribution in [0.5, 0.6) is 0 Å². The molecule has 2 N–H and O–H groups in total. The van der Waals surface area contributed by atoms with E-state index in [1.54, 1.807) is 0 Å². The van der Waals surface area contributed by atoms with E-state index in [9.17, 15) is 0 Å². The van der Waals surface area contributed by atoms with Gasteiger partial charge in [-0.3, -0.25) is 0 Å². The topological polar surface area (TPSA) is 30.5 Å². The summed E-state index contributed by atoms with van der Waals surface area (Å²) in [5.74, 6) is 0. The number of unbranched alkanes of at least 4 members (excludes halogenated alkanes) is 1. The Hall–Kier alpha value is -1.00. The molecule has 0 radical (unpaired) electrons. The van der Waals surface area contributed by atoms with Crippen LogP contribution in [0.15, 0.2) is 60.7 Å². The van der Waals surface area contributed by atoms with Crippen molar-refractivity contribution >= 4 is 48.7 Å². The minimum absolute atomic E-state index is 0.310. The molecule has 1 unspecified atom stereocenters. The molecular weight excluding hydrogens is 438 g/mol. The van der Waals surface area contributed by atoms with Crippen molar-refractivity contribution in [3.8, 4) is 0 Å². The summed E-state index contributed by atoms with van der Waals surface area (Å²) < 4.78 is 0. The third kappa shape index (κ3) is 4.89. The summed E-state index contributed by atoms with van der Waals surface area (Å²) in [7, 11) is 2.03. The number of nitrogens with one attached hydrogen (secondary N) is 2. The first kappa shape index (κ1) is 20.7. The van der Waals surface area contributed by atoms with Crippen LogP contribution in [-0.4, -0.2) is 56.4 Å². The van der Waals surface area contributed by atoms with Gasteiger partial charge in [-0.2, -0.15) is 0 Å². The second kappa shape index (κ2) is 9.47. The second-order valence-electron chi connectivity index (χ2n) is 6.75. The summed E-state index contributed by atoms with van der Waals surface area (Å²) in [4.78, 5) is 2.25. The van der Waals surface area contributed by atoms with Gasteiger partial charge >= 0.3 is 176 Å². The molecule has 2 aromatic carbocycles. The summed E-state index contributed by atoms with van der Waals surface area (Å²) >= 11 is 8.94. The van der Waals surface area contributed by atoms with Crippen molar-refractivity contribution in [3.05, 3.63) is 60.7 Å². The van der Waals surface area contributed by atoms with Gasteiger partial charge in [0.05, 0.1) is 0 Å². The molecule has 1 fully saturated rings. The van der Waals surface area contributed by atoms with Gasteiger partial charge in [-0.05, 0) is 0 Å². The Morgan fingerprint density at radius 1 is 1.04 bits per heavy atom. The molecular formula is C20H27N4PSSe. The van der Waals surface area contributed by atoms with E-state index in [-0.39, 0.29) is 0 Å². The number of benzene rings is 2. The number of thiocarbonyl (C=S) groups is 1. The SMILES string of the molecule is CC1N(C)NC(=S)N1CCCCNP(=[Se])(c1ccccc1)c1ccccc1.